The van der Waals surface area contributed by atoms with Crippen LogP contribution in [0.15, 0.2) is 48.5 Å². The maximum absolute atomic E-state index is 13.1. The maximum Gasteiger partial charge on any atom is 0.416 e. The van der Waals surface area contributed by atoms with Crippen molar-refractivity contribution in [2.24, 2.45) is 0 Å². The maximum atomic E-state index is 13.1. The predicted molar refractivity (Wildman–Crippen MR) is 99.4 cm³/mol. The average molecular weight is 408 g/mol. The van der Waals surface area contributed by atoms with Crippen LogP contribution in [0.2, 0.25) is 5.02 Å². The second-order valence-corrected chi connectivity index (χ2v) is 7.32. The molecule has 1 aliphatic rings. The molecule has 1 N–H and O–H groups in total. The summed E-state index contributed by atoms with van der Waals surface area (Å²) >= 11 is 5.96. The standard InChI is InChI=1S/C19H17ClF3N5/c20-14-6-8-15(9-7-14)24-18(10-1-2-11-18)17-25-26-27-28(17)16-5-3-4-13(12-16)19(21,22)23/h3-9,12,24H,1-2,10-11H2. The van der Waals surface area contributed by atoms with Crippen LogP contribution in [0.3, 0.4) is 0 Å². The third-order valence-electron chi connectivity index (χ3n) is 5.00. The van der Waals surface area contributed by atoms with E-state index in [1.807, 2.05) is 12.1 Å². The first kappa shape index (κ1) is 18.7. The molecule has 1 heterocycles. The van der Waals surface area contributed by atoms with Gasteiger partial charge >= 0.3 is 6.18 Å². The fourth-order valence-corrected chi connectivity index (χ4v) is 3.79. The highest BCUT2D eigenvalue weighted by atomic mass is 35.5. The van der Waals surface area contributed by atoms with Crippen molar-refractivity contribution < 1.29 is 13.2 Å². The van der Waals surface area contributed by atoms with Crippen molar-refractivity contribution in [2.45, 2.75) is 37.4 Å². The number of halogens is 4. The molecule has 0 radical (unpaired) electrons. The molecule has 3 aromatic rings. The third kappa shape index (κ3) is 3.56. The molecule has 0 bridgehead atoms. The molecule has 0 atom stereocenters. The summed E-state index contributed by atoms with van der Waals surface area (Å²) in [5, 5.41) is 16.0. The minimum Gasteiger partial charge on any atom is -0.373 e. The molecule has 146 valence electrons. The lowest BCUT2D eigenvalue weighted by Gasteiger charge is -2.30. The highest BCUT2D eigenvalue weighted by Gasteiger charge is 2.41. The molecule has 0 spiro atoms. The molecule has 5 nitrogen and oxygen atoms in total. The first-order chi connectivity index (χ1) is 13.4. The Morgan fingerprint density at radius 2 is 1.75 bits per heavy atom. The van der Waals surface area contributed by atoms with Crippen molar-refractivity contribution in [2.75, 3.05) is 5.32 Å². The van der Waals surface area contributed by atoms with Crippen LogP contribution in [0, 0.1) is 0 Å². The van der Waals surface area contributed by atoms with Crippen molar-refractivity contribution in [3.63, 3.8) is 0 Å². The van der Waals surface area contributed by atoms with Crippen LogP contribution in [0.1, 0.15) is 37.1 Å². The Kier molecular flexibility index (Phi) is 4.74. The lowest BCUT2D eigenvalue weighted by Crippen LogP contribution is -2.35. The fourth-order valence-electron chi connectivity index (χ4n) is 3.67. The van der Waals surface area contributed by atoms with Gasteiger partial charge in [0.15, 0.2) is 5.82 Å². The van der Waals surface area contributed by atoms with E-state index in [0.29, 0.717) is 10.8 Å². The number of tetrazole rings is 1. The van der Waals surface area contributed by atoms with Crippen LogP contribution in [0.25, 0.3) is 5.69 Å². The summed E-state index contributed by atoms with van der Waals surface area (Å²) in [7, 11) is 0. The topological polar surface area (TPSA) is 55.6 Å². The largest absolute Gasteiger partial charge is 0.416 e. The smallest absolute Gasteiger partial charge is 0.373 e. The lowest BCUT2D eigenvalue weighted by atomic mass is 9.95. The molecule has 9 heteroatoms. The van der Waals surface area contributed by atoms with Crippen LogP contribution >= 0.6 is 11.6 Å². The van der Waals surface area contributed by atoms with Gasteiger partial charge in [0.25, 0.3) is 0 Å². The van der Waals surface area contributed by atoms with E-state index in [-0.39, 0.29) is 5.69 Å². The van der Waals surface area contributed by atoms with Gasteiger partial charge < -0.3 is 5.32 Å². The number of hydrogen-bond donors (Lipinski definition) is 1. The van der Waals surface area contributed by atoms with Gasteiger partial charge in [0, 0.05) is 10.7 Å². The average Bonchev–Trinajstić information content (AvgIpc) is 3.33. The van der Waals surface area contributed by atoms with E-state index >= 15 is 0 Å². The number of benzene rings is 2. The normalized spacial score (nSPS) is 16.3. The van der Waals surface area contributed by atoms with Gasteiger partial charge in [-0.3, -0.25) is 0 Å². The molecule has 0 unspecified atom stereocenters. The van der Waals surface area contributed by atoms with E-state index in [2.05, 4.69) is 20.8 Å². The van der Waals surface area contributed by atoms with Crippen molar-refractivity contribution >= 4 is 17.3 Å². The Morgan fingerprint density at radius 3 is 2.43 bits per heavy atom. The number of anilines is 1. The second-order valence-electron chi connectivity index (χ2n) is 6.88. The minimum atomic E-state index is -4.43. The van der Waals surface area contributed by atoms with Gasteiger partial charge in [-0.15, -0.1) is 5.10 Å². The molecule has 0 amide bonds. The molecule has 1 aromatic heterocycles. The second kappa shape index (κ2) is 7.09. The molecule has 0 aliphatic heterocycles. The first-order valence-corrected chi connectivity index (χ1v) is 9.25. The Bertz CT molecular complexity index is 962. The van der Waals surface area contributed by atoms with E-state index in [1.54, 1.807) is 18.2 Å². The monoisotopic (exact) mass is 407 g/mol. The van der Waals surface area contributed by atoms with Crippen molar-refractivity contribution in [3.05, 3.63) is 64.9 Å². The van der Waals surface area contributed by atoms with Gasteiger partial charge in [0.1, 0.15) is 0 Å². The molecule has 4 rings (SSSR count). The Labute approximate surface area is 164 Å². The van der Waals surface area contributed by atoms with Gasteiger partial charge in [-0.25, -0.2) is 0 Å². The quantitative estimate of drug-likeness (QED) is 0.644. The molecule has 1 saturated carbocycles. The summed E-state index contributed by atoms with van der Waals surface area (Å²) in [6.45, 7) is 0. The zero-order chi connectivity index (χ0) is 19.8. The lowest BCUT2D eigenvalue weighted by molar-refractivity contribution is -0.137. The minimum absolute atomic E-state index is 0.277. The summed E-state index contributed by atoms with van der Waals surface area (Å²) in [6.07, 6.45) is -0.952. The third-order valence-corrected chi connectivity index (χ3v) is 5.25. The molecular weight excluding hydrogens is 391 g/mol. The highest BCUT2D eigenvalue weighted by Crippen LogP contribution is 2.41. The summed E-state index contributed by atoms with van der Waals surface area (Å²) in [5.41, 5.74) is -0.174. The van der Waals surface area contributed by atoms with Crippen LogP contribution in [-0.4, -0.2) is 20.2 Å². The van der Waals surface area contributed by atoms with Gasteiger partial charge in [-0.2, -0.15) is 17.9 Å². The first-order valence-electron chi connectivity index (χ1n) is 8.88. The zero-order valence-corrected chi connectivity index (χ0v) is 15.5. The van der Waals surface area contributed by atoms with Crippen molar-refractivity contribution in [1.29, 1.82) is 0 Å². The summed E-state index contributed by atoms with van der Waals surface area (Å²) in [6, 6.07) is 12.3. The van der Waals surface area contributed by atoms with Crippen molar-refractivity contribution in [3.8, 4) is 5.69 Å². The Balaban J connectivity index is 1.75. The summed E-state index contributed by atoms with van der Waals surface area (Å²) in [4.78, 5) is 0. The van der Waals surface area contributed by atoms with E-state index in [0.717, 1.165) is 43.5 Å². The van der Waals surface area contributed by atoms with Crippen LogP contribution in [-0.2, 0) is 11.7 Å². The van der Waals surface area contributed by atoms with Gasteiger partial charge in [-0.05, 0) is 65.7 Å². The molecule has 28 heavy (non-hydrogen) atoms. The highest BCUT2D eigenvalue weighted by molar-refractivity contribution is 6.30. The van der Waals surface area contributed by atoms with Gasteiger partial charge in [0.05, 0.1) is 16.8 Å². The predicted octanol–water partition coefficient (Wildman–Crippen LogP) is 5.22. The molecule has 1 aliphatic carbocycles. The molecule has 0 saturated heterocycles. The van der Waals surface area contributed by atoms with Gasteiger partial charge in [-0.1, -0.05) is 30.5 Å². The van der Waals surface area contributed by atoms with E-state index in [9.17, 15) is 13.2 Å². The van der Waals surface area contributed by atoms with Crippen LogP contribution < -0.4 is 5.32 Å². The number of hydrogen-bond acceptors (Lipinski definition) is 4. The zero-order valence-electron chi connectivity index (χ0n) is 14.7. The SMILES string of the molecule is FC(F)(F)c1cccc(-n2nnnc2C2(Nc3ccc(Cl)cc3)CCCC2)c1. The molecule has 2 aromatic carbocycles. The number of nitrogens with zero attached hydrogens (tertiary/aromatic N) is 4. The summed E-state index contributed by atoms with van der Waals surface area (Å²) < 4.78 is 40.8. The van der Waals surface area contributed by atoms with E-state index in [4.69, 9.17) is 11.6 Å². The van der Waals surface area contributed by atoms with Gasteiger partial charge in [0.2, 0.25) is 0 Å². The number of aromatic nitrogens is 4. The number of nitrogens with one attached hydrogen (secondary N) is 1. The fraction of sp³-hybridized carbons (Fsp3) is 0.316. The van der Waals surface area contributed by atoms with E-state index < -0.39 is 17.3 Å². The summed E-state index contributed by atoms with van der Waals surface area (Å²) in [5.74, 6) is 0.499. The van der Waals surface area contributed by atoms with Crippen LogP contribution in [0.5, 0.6) is 0 Å². The Morgan fingerprint density at radius 1 is 1.04 bits per heavy atom. The molecular formula is C19H17ClF3N5. The number of rotatable bonds is 4. The van der Waals surface area contributed by atoms with E-state index in [1.165, 1.54) is 10.7 Å². The van der Waals surface area contributed by atoms with Crippen molar-refractivity contribution in [1.82, 2.24) is 20.2 Å². The van der Waals surface area contributed by atoms with Crippen LogP contribution in [0.4, 0.5) is 18.9 Å². The number of alkyl halides is 3. The Hall–Kier alpha value is -2.61. The molecule has 1 fully saturated rings.